The number of benzene rings is 3. The van der Waals surface area contributed by atoms with Gasteiger partial charge in [0.25, 0.3) is 0 Å². The number of Topliss-reactive ketones (excluding diaryl/α,β-unsaturated/α-hetero) is 2. The smallest absolute Gasteiger partial charge is 0.172 e. The Labute approximate surface area is 241 Å². The maximum Gasteiger partial charge on any atom is 0.172 e. The summed E-state index contributed by atoms with van der Waals surface area (Å²) in [4.78, 5) is 27.1. The number of fused-ring (bicyclic) bond motifs is 1. The summed E-state index contributed by atoms with van der Waals surface area (Å²) in [5.41, 5.74) is -0.832. The highest BCUT2D eigenvalue weighted by atomic mass is 16.5. The second-order valence-electron chi connectivity index (χ2n) is 12.7. The second kappa shape index (κ2) is 11.8. The molecule has 0 saturated heterocycles. The van der Waals surface area contributed by atoms with Crippen LogP contribution in [0.1, 0.15) is 116 Å². The largest absolute Gasteiger partial charge is 0.488 e. The summed E-state index contributed by atoms with van der Waals surface area (Å²) in [6, 6.07) is 19.3. The molecule has 3 aromatic rings. The average molecular weight is 545 g/mol. The predicted molar refractivity (Wildman–Crippen MR) is 166 cm³/mol. The summed E-state index contributed by atoms with van der Waals surface area (Å²) in [5, 5.41) is 2.04. The van der Waals surface area contributed by atoms with Gasteiger partial charge in [-0.15, -0.1) is 0 Å². The van der Waals surface area contributed by atoms with Gasteiger partial charge < -0.3 is 9.47 Å². The van der Waals surface area contributed by atoms with Gasteiger partial charge in [0.2, 0.25) is 0 Å². The Kier molecular flexibility index (Phi) is 9.23. The van der Waals surface area contributed by atoms with Crippen LogP contribution in [0.25, 0.3) is 10.8 Å². The highest BCUT2D eigenvalue weighted by Crippen LogP contribution is 2.44. The van der Waals surface area contributed by atoms with E-state index in [4.69, 9.17) is 9.47 Å². The van der Waals surface area contributed by atoms with Crippen molar-refractivity contribution in [3.8, 4) is 11.5 Å². The van der Waals surface area contributed by atoms with Crippen LogP contribution < -0.4 is 9.47 Å². The molecule has 0 aliphatic heterocycles. The molecule has 4 nitrogen and oxygen atoms in total. The molecule has 0 amide bonds. The fourth-order valence-corrected chi connectivity index (χ4v) is 4.97. The summed E-state index contributed by atoms with van der Waals surface area (Å²) in [7, 11) is 0. The van der Waals surface area contributed by atoms with Crippen LogP contribution >= 0.6 is 0 Å². The third-order valence-corrected chi connectivity index (χ3v) is 9.33. The van der Waals surface area contributed by atoms with Gasteiger partial charge in [-0.2, -0.15) is 0 Å². The molecule has 0 aromatic heterocycles. The van der Waals surface area contributed by atoms with E-state index in [9.17, 15) is 9.59 Å². The van der Waals surface area contributed by atoms with E-state index in [1.54, 1.807) is 0 Å². The first kappa shape index (κ1) is 31.4. The fraction of sp³-hybridized carbons (Fsp3) is 0.500. The van der Waals surface area contributed by atoms with E-state index in [0.717, 1.165) is 29.4 Å². The molecular weight excluding hydrogens is 496 g/mol. The normalized spacial score (nSPS) is 15.2. The van der Waals surface area contributed by atoms with Crippen molar-refractivity contribution in [1.29, 1.82) is 0 Å². The molecule has 0 aliphatic carbocycles. The van der Waals surface area contributed by atoms with Gasteiger partial charge in [0.05, 0.1) is 5.41 Å². The number of ketones is 2. The lowest BCUT2D eigenvalue weighted by atomic mass is 9.66. The molecule has 2 atom stereocenters. The average Bonchev–Trinajstić information content (AvgIpc) is 2.95. The maximum atomic E-state index is 14.2. The second-order valence-corrected chi connectivity index (χ2v) is 12.7. The lowest BCUT2D eigenvalue weighted by Gasteiger charge is -2.44. The molecule has 4 heteroatoms. The van der Waals surface area contributed by atoms with Crippen molar-refractivity contribution in [3.63, 3.8) is 0 Å². The first-order valence-corrected chi connectivity index (χ1v) is 14.8. The third kappa shape index (κ3) is 6.27. The molecule has 2 unspecified atom stereocenters. The molecule has 0 fully saturated rings. The highest BCUT2D eigenvalue weighted by Gasteiger charge is 2.50. The maximum absolute atomic E-state index is 14.2. The van der Waals surface area contributed by atoms with Gasteiger partial charge in [-0.1, -0.05) is 59.7 Å². The van der Waals surface area contributed by atoms with Gasteiger partial charge >= 0.3 is 0 Å². The van der Waals surface area contributed by atoms with Crippen LogP contribution in [0.3, 0.4) is 0 Å². The number of hydrogen-bond donors (Lipinski definition) is 0. The van der Waals surface area contributed by atoms with Crippen molar-refractivity contribution in [1.82, 2.24) is 0 Å². The van der Waals surface area contributed by atoms with E-state index in [0.29, 0.717) is 29.7 Å². The van der Waals surface area contributed by atoms with Crippen molar-refractivity contribution < 1.29 is 19.1 Å². The zero-order valence-electron chi connectivity index (χ0n) is 26.2. The van der Waals surface area contributed by atoms with Crippen LogP contribution in [0.2, 0.25) is 0 Å². The molecule has 0 N–H and O–H groups in total. The van der Waals surface area contributed by atoms with E-state index in [2.05, 4.69) is 27.7 Å². The van der Waals surface area contributed by atoms with Gasteiger partial charge in [-0.25, -0.2) is 0 Å². The quantitative estimate of drug-likeness (QED) is 0.201. The van der Waals surface area contributed by atoms with Gasteiger partial charge in [0, 0.05) is 16.5 Å². The molecule has 3 aromatic carbocycles. The number of hydrogen-bond acceptors (Lipinski definition) is 4. The molecule has 40 heavy (non-hydrogen) atoms. The van der Waals surface area contributed by atoms with E-state index in [1.165, 1.54) is 0 Å². The summed E-state index contributed by atoms with van der Waals surface area (Å²) >= 11 is 0. The van der Waals surface area contributed by atoms with Crippen molar-refractivity contribution >= 4 is 22.3 Å². The molecule has 0 spiro atoms. The molecular formula is C36H48O4. The van der Waals surface area contributed by atoms with Crippen LogP contribution in [0.4, 0.5) is 0 Å². The number of carbonyl (C=O) groups is 2. The van der Waals surface area contributed by atoms with Crippen molar-refractivity contribution in [3.05, 3.63) is 71.8 Å². The lowest BCUT2D eigenvalue weighted by Crippen LogP contribution is -2.52. The van der Waals surface area contributed by atoms with Gasteiger partial charge in [0.1, 0.15) is 22.7 Å². The zero-order valence-corrected chi connectivity index (χ0v) is 26.2. The standard InChI is InChI=1S/C36H48O4/c1-11-33(5,6)31(37)25-17-20-29(21-18-25)40-36(10,14-4)35(9,13-3)32(38)28-16-15-27-24-30(22-19-26(27)23-28)39-34(7,8)12-2/h15-24H,11-14H2,1-10H3. The Morgan fingerprint density at radius 3 is 1.68 bits per heavy atom. The van der Waals surface area contributed by atoms with Crippen LogP contribution in [-0.2, 0) is 0 Å². The summed E-state index contributed by atoms with van der Waals surface area (Å²) in [6.45, 7) is 20.4. The zero-order chi connectivity index (χ0) is 29.9. The highest BCUT2D eigenvalue weighted by molar-refractivity contribution is 6.04. The van der Waals surface area contributed by atoms with Crippen LogP contribution in [0.5, 0.6) is 11.5 Å². The van der Waals surface area contributed by atoms with E-state index >= 15 is 0 Å². The summed E-state index contributed by atoms with van der Waals surface area (Å²) in [5.74, 6) is 1.67. The molecule has 216 valence electrons. The lowest BCUT2D eigenvalue weighted by molar-refractivity contribution is -0.0275. The number of carbonyl (C=O) groups excluding carboxylic acids is 2. The van der Waals surface area contributed by atoms with Crippen LogP contribution in [0.15, 0.2) is 60.7 Å². The Morgan fingerprint density at radius 1 is 0.575 bits per heavy atom. The SMILES string of the molecule is CCC(C)(C)Oc1ccc2cc(C(=O)C(C)(CC)C(C)(CC)Oc3ccc(C(=O)C(C)(C)CC)cc3)ccc2c1. The Balaban J connectivity index is 1.89. The summed E-state index contributed by atoms with van der Waals surface area (Å²) in [6.07, 6.45) is 2.95. The van der Waals surface area contributed by atoms with E-state index in [-0.39, 0.29) is 17.2 Å². The summed E-state index contributed by atoms with van der Waals surface area (Å²) < 4.78 is 12.8. The van der Waals surface area contributed by atoms with Gasteiger partial charge in [-0.05, 0) is 107 Å². The molecule has 0 aliphatic rings. The predicted octanol–water partition coefficient (Wildman–Crippen LogP) is 9.87. The Bertz CT molecular complexity index is 1350. The minimum absolute atomic E-state index is 0.0604. The first-order valence-electron chi connectivity index (χ1n) is 14.8. The minimum atomic E-state index is -0.775. The number of ether oxygens (including phenoxy) is 2. The van der Waals surface area contributed by atoms with Crippen LogP contribution in [0, 0.1) is 10.8 Å². The monoisotopic (exact) mass is 544 g/mol. The molecule has 0 saturated carbocycles. The minimum Gasteiger partial charge on any atom is -0.488 e. The van der Waals surface area contributed by atoms with Crippen LogP contribution in [-0.4, -0.2) is 22.8 Å². The van der Waals surface area contributed by atoms with E-state index in [1.807, 2.05) is 102 Å². The molecule has 0 bridgehead atoms. The van der Waals surface area contributed by atoms with Crippen molar-refractivity contribution in [2.24, 2.45) is 10.8 Å². The first-order chi connectivity index (χ1) is 18.6. The molecule has 0 heterocycles. The van der Waals surface area contributed by atoms with Crippen molar-refractivity contribution in [2.75, 3.05) is 0 Å². The fourth-order valence-electron chi connectivity index (χ4n) is 4.97. The van der Waals surface area contributed by atoms with Crippen molar-refractivity contribution in [2.45, 2.75) is 106 Å². The van der Waals surface area contributed by atoms with Gasteiger partial charge in [-0.3, -0.25) is 9.59 Å². The number of rotatable bonds is 13. The Hall–Kier alpha value is -3.14. The van der Waals surface area contributed by atoms with Gasteiger partial charge in [0.15, 0.2) is 11.6 Å². The topological polar surface area (TPSA) is 52.6 Å². The molecule has 0 radical (unpaired) electrons. The Morgan fingerprint density at radius 2 is 1.12 bits per heavy atom. The molecule has 3 rings (SSSR count). The third-order valence-electron chi connectivity index (χ3n) is 9.33. The van der Waals surface area contributed by atoms with E-state index < -0.39 is 16.4 Å².